The maximum Gasteiger partial charge on any atom is 0.142 e. The summed E-state index contributed by atoms with van der Waals surface area (Å²) in [4.78, 5) is 0. The lowest BCUT2D eigenvalue weighted by Crippen LogP contribution is -1.91. The van der Waals surface area contributed by atoms with E-state index in [-0.39, 0.29) is 11.5 Å². The molecule has 0 saturated heterocycles. The zero-order chi connectivity index (χ0) is 15.5. The number of halogens is 1. The van der Waals surface area contributed by atoms with E-state index in [1.54, 1.807) is 18.2 Å². The molecule has 0 spiro atoms. The van der Waals surface area contributed by atoms with Crippen LogP contribution in [-0.2, 0) is 0 Å². The highest BCUT2D eigenvalue weighted by Crippen LogP contribution is 2.39. The monoisotopic (exact) mass is 311 g/mol. The third-order valence-corrected chi connectivity index (χ3v) is 3.57. The van der Waals surface area contributed by atoms with Crippen molar-refractivity contribution in [1.29, 1.82) is 0 Å². The van der Waals surface area contributed by atoms with Crippen molar-refractivity contribution in [1.82, 2.24) is 0 Å². The van der Waals surface area contributed by atoms with Crippen LogP contribution in [0, 0.1) is 0 Å². The van der Waals surface area contributed by atoms with Crippen LogP contribution in [0.3, 0.4) is 0 Å². The topological polar surface area (TPSA) is 52.5 Å². The van der Waals surface area contributed by atoms with Gasteiger partial charge in [0.2, 0.25) is 0 Å². The van der Waals surface area contributed by atoms with Gasteiger partial charge in [-0.25, -0.2) is 0 Å². The predicted molar refractivity (Wildman–Crippen MR) is 89.9 cm³/mol. The summed E-state index contributed by atoms with van der Waals surface area (Å²) in [6, 6.07) is 19.7. The van der Waals surface area contributed by atoms with Crippen LogP contribution in [0.15, 0.2) is 66.7 Å². The van der Waals surface area contributed by atoms with Gasteiger partial charge in [0.25, 0.3) is 0 Å². The van der Waals surface area contributed by atoms with Crippen molar-refractivity contribution in [2.45, 2.75) is 0 Å². The van der Waals surface area contributed by atoms with Gasteiger partial charge in [0, 0.05) is 22.3 Å². The number of nitrogens with one attached hydrogen (secondary N) is 1. The second kappa shape index (κ2) is 6.00. The van der Waals surface area contributed by atoms with E-state index < -0.39 is 0 Å². The van der Waals surface area contributed by atoms with Gasteiger partial charge >= 0.3 is 0 Å². The SMILES string of the molecule is Oc1cc(O)c(-c2ccc(Cl)cc2)cc1Nc1ccccc1. The van der Waals surface area contributed by atoms with E-state index in [0.717, 1.165) is 11.3 Å². The molecule has 0 aromatic heterocycles. The normalized spacial score (nSPS) is 10.4. The number of benzene rings is 3. The Morgan fingerprint density at radius 2 is 1.45 bits per heavy atom. The molecule has 3 rings (SSSR count). The maximum atomic E-state index is 10.1. The van der Waals surface area contributed by atoms with Crippen molar-refractivity contribution >= 4 is 23.0 Å². The van der Waals surface area contributed by atoms with E-state index in [2.05, 4.69) is 5.32 Å². The molecule has 3 N–H and O–H groups in total. The summed E-state index contributed by atoms with van der Waals surface area (Å²) in [5.41, 5.74) is 2.81. The molecule has 0 fully saturated rings. The van der Waals surface area contributed by atoms with E-state index >= 15 is 0 Å². The lowest BCUT2D eigenvalue weighted by molar-refractivity contribution is 0.453. The minimum atomic E-state index is -0.0148. The first kappa shape index (κ1) is 14.3. The van der Waals surface area contributed by atoms with Gasteiger partial charge in [-0.2, -0.15) is 0 Å². The van der Waals surface area contributed by atoms with Gasteiger partial charge in [0.15, 0.2) is 0 Å². The Morgan fingerprint density at radius 3 is 2.14 bits per heavy atom. The van der Waals surface area contributed by atoms with Gasteiger partial charge in [-0.15, -0.1) is 0 Å². The van der Waals surface area contributed by atoms with E-state index in [0.29, 0.717) is 16.3 Å². The van der Waals surface area contributed by atoms with E-state index in [1.165, 1.54) is 6.07 Å². The lowest BCUT2D eigenvalue weighted by Gasteiger charge is -2.12. The fourth-order valence-corrected chi connectivity index (χ4v) is 2.34. The molecule has 0 aliphatic rings. The fraction of sp³-hybridized carbons (Fsp3) is 0. The summed E-state index contributed by atoms with van der Waals surface area (Å²) in [6.45, 7) is 0. The predicted octanol–water partition coefficient (Wildman–Crippen LogP) is 5.16. The van der Waals surface area contributed by atoms with Crippen LogP contribution in [0.5, 0.6) is 11.5 Å². The van der Waals surface area contributed by atoms with Crippen molar-refractivity contribution in [3.63, 3.8) is 0 Å². The second-order valence-corrected chi connectivity index (χ2v) is 5.32. The van der Waals surface area contributed by atoms with Crippen molar-refractivity contribution in [2.75, 3.05) is 5.32 Å². The van der Waals surface area contributed by atoms with Gasteiger partial charge in [0.05, 0.1) is 5.69 Å². The smallest absolute Gasteiger partial charge is 0.142 e. The Labute approximate surface area is 133 Å². The highest BCUT2D eigenvalue weighted by atomic mass is 35.5. The van der Waals surface area contributed by atoms with Crippen LogP contribution in [0.25, 0.3) is 11.1 Å². The average molecular weight is 312 g/mol. The molecule has 0 aliphatic carbocycles. The molecule has 3 aromatic rings. The standard InChI is InChI=1S/C18H14ClNO2/c19-13-8-6-12(7-9-13)15-10-16(18(22)11-17(15)21)20-14-4-2-1-3-5-14/h1-11,20-22H. The summed E-state index contributed by atoms with van der Waals surface area (Å²) in [5.74, 6) is -0.00231. The number of phenols is 2. The van der Waals surface area contributed by atoms with Gasteiger partial charge < -0.3 is 15.5 Å². The number of para-hydroxylation sites is 1. The van der Waals surface area contributed by atoms with Crippen LogP contribution >= 0.6 is 11.6 Å². The Hall–Kier alpha value is -2.65. The first-order valence-corrected chi connectivity index (χ1v) is 7.15. The summed E-state index contributed by atoms with van der Waals surface area (Å²) >= 11 is 5.89. The molecule has 0 amide bonds. The van der Waals surface area contributed by atoms with Crippen LogP contribution in [0.2, 0.25) is 5.02 Å². The second-order valence-electron chi connectivity index (χ2n) is 4.88. The Kier molecular flexibility index (Phi) is 3.90. The van der Waals surface area contributed by atoms with Gasteiger partial charge in [-0.05, 0) is 35.9 Å². The summed E-state index contributed by atoms with van der Waals surface area (Å²) in [5, 5.41) is 23.9. The Morgan fingerprint density at radius 1 is 0.773 bits per heavy atom. The van der Waals surface area contributed by atoms with Crippen LogP contribution in [0.4, 0.5) is 11.4 Å². The zero-order valence-electron chi connectivity index (χ0n) is 11.6. The number of hydrogen-bond acceptors (Lipinski definition) is 3. The minimum absolute atomic E-state index is 0.0124. The van der Waals surface area contributed by atoms with Crippen molar-refractivity contribution in [3.8, 4) is 22.6 Å². The molecule has 0 bridgehead atoms. The van der Waals surface area contributed by atoms with E-state index in [1.807, 2.05) is 42.5 Å². The number of anilines is 2. The molecule has 4 heteroatoms. The van der Waals surface area contributed by atoms with Crippen LogP contribution < -0.4 is 5.32 Å². The lowest BCUT2D eigenvalue weighted by atomic mass is 10.0. The highest BCUT2D eigenvalue weighted by molar-refractivity contribution is 6.30. The Bertz CT molecular complexity index is 786. The molecule has 3 aromatic carbocycles. The molecule has 0 unspecified atom stereocenters. The van der Waals surface area contributed by atoms with E-state index in [4.69, 9.17) is 11.6 Å². The maximum absolute atomic E-state index is 10.1. The van der Waals surface area contributed by atoms with Gasteiger partial charge in [-0.1, -0.05) is 41.9 Å². The molecule has 3 nitrogen and oxygen atoms in total. The first-order chi connectivity index (χ1) is 10.6. The van der Waals surface area contributed by atoms with Gasteiger partial charge in [0.1, 0.15) is 11.5 Å². The molecule has 0 atom stereocenters. The van der Waals surface area contributed by atoms with Crippen molar-refractivity contribution in [2.24, 2.45) is 0 Å². The quantitative estimate of drug-likeness (QED) is 0.462. The molecule has 0 aliphatic heterocycles. The third kappa shape index (κ3) is 3.00. The summed E-state index contributed by atoms with van der Waals surface area (Å²) in [6.07, 6.45) is 0. The number of hydrogen-bond donors (Lipinski definition) is 3. The largest absolute Gasteiger partial charge is 0.507 e. The molecule has 0 radical (unpaired) electrons. The van der Waals surface area contributed by atoms with Crippen molar-refractivity contribution < 1.29 is 10.2 Å². The fourth-order valence-electron chi connectivity index (χ4n) is 2.21. The molecule has 0 saturated carbocycles. The molecular formula is C18H14ClNO2. The summed E-state index contributed by atoms with van der Waals surface area (Å²) < 4.78 is 0. The van der Waals surface area contributed by atoms with Gasteiger partial charge in [-0.3, -0.25) is 0 Å². The molecular weight excluding hydrogens is 298 g/mol. The number of phenolic OH excluding ortho intramolecular Hbond substituents is 2. The van der Waals surface area contributed by atoms with Crippen molar-refractivity contribution in [3.05, 3.63) is 71.8 Å². The van der Waals surface area contributed by atoms with Crippen LogP contribution in [0.1, 0.15) is 0 Å². The highest BCUT2D eigenvalue weighted by Gasteiger charge is 2.11. The average Bonchev–Trinajstić information content (AvgIpc) is 2.52. The first-order valence-electron chi connectivity index (χ1n) is 6.77. The Balaban J connectivity index is 2.01. The third-order valence-electron chi connectivity index (χ3n) is 3.32. The number of rotatable bonds is 3. The summed E-state index contributed by atoms with van der Waals surface area (Å²) in [7, 11) is 0. The van der Waals surface area contributed by atoms with Crippen LogP contribution in [-0.4, -0.2) is 10.2 Å². The molecule has 110 valence electrons. The van der Waals surface area contributed by atoms with E-state index in [9.17, 15) is 10.2 Å². The minimum Gasteiger partial charge on any atom is -0.507 e. The number of aromatic hydroxyl groups is 2. The zero-order valence-corrected chi connectivity index (χ0v) is 12.4. The molecule has 22 heavy (non-hydrogen) atoms. The molecule has 0 heterocycles.